The van der Waals surface area contributed by atoms with Gasteiger partial charge < -0.3 is 5.11 Å². The third-order valence-electron chi connectivity index (χ3n) is 5.45. The zero-order chi connectivity index (χ0) is 11.4. The Balaban J connectivity index is 2.03. The maximum Gasteiger partial charge on any atom is 0.134 e. The molecule has 2 nitrogen and oxygen atoms in total. The largest absolute Gasteiger partial charge is 0.390 e. The summed E-state index contributed by atoms with van der Waals surface area (Å²) in [6.45, 7) is 1.97. The van der Waals surface area contributed by atoms with Gasteiger partial charge in [0, 0.05) is 12.8 Å². The van der Waals surface area contributed by atoms with E-state index >= 15 is 0 Å². The summed E-state index contributed by atoms with van der Waals surface area (Å²) >= 11 is 0. The van der Waals surface area contributed by atoms with Gasteiger partial charge in [-0.25, -0.2) is 0 Å². The van der Waals surface area contributed by atoms with E-state index < -0.39 is 5.60 Å². The Kier molecular flexibility index (Phi) is 2.08. The summed E-state index contributed by atoms with van der Waals surface area (Å²) < 4.78 is 0. The number of carbonyl (C=O) groups is 1. The average molecular weight is 222 g/mol. The van der Waals surface area contributed by atoms with Crippen molar-refractivity contribution in [1.82, 2.24) is 0 Å². The first kappa shape index (κ1) is 10.8. The van der Waals surface area contributed by atoms with Gasteiger partial charge in [-0.05, 0) is 43.4 Å². The molecule has 3 aliphatic rings. The Bertz CT molecular complexity index is 306. The fraction of sp³-hybridized carbons (Fsp3) is 0.929. The molecular weight excluding hydrogens is 200 g/mol. The van der Waals surface area contributed by atoms with Crippen LogP contribution in [0.15, 0.2) is 0 Å². The second-order valence-corrected chi connectivity index (χ2v) is 6.86. The van der Waals surface area contributed by atoms with Crippen LogP contribution in [-0.2, 0) is 4.79 Å². The molecule has 0 saturated heterocycles. The van der Waals surface area contributed by atoms with Gasteiger partial charge in [0.2, 0.25) is 0 Å². The number of carbonyl (C=O) groups excluding carboxylic acids is 1. The van der Waals surface area contributed by atoms with Crippen LogP contribution >= 0.6 is 0 Å². The van der Waals surface area contributed by atoms with Gasteiger partial charge >= 0.3 is 0 Å². The molecule has 90 valence electrons. The normalized spacial score (nSPS) is 46.2. The van der Waals surface area contributed by atoms with Crippen LogP contribution in [-0.4, -0.2) is 16.5 Å². The molecule has 0 aromatic heterocycles. The van der Waals surface area contributed by atoms with E-state index in [9.17, 15) is 9.90 Å². The lowest BCUT2D eigenvalue weighted by Crippen LogP contribution is -2.30. The van der Waals surface area contributed by atoms with Crippen molar-refractivity contribution in [3.63, 3.8) is 0 Å². The Hall–Kier alpha value is -0.370. The second kappa shape index (κ2) is 3.10. The first-order valence-electron chi connectivity index (χ1n) is 6.71. The Morgan fingerprint density at radius 2 is 1.50 bits per heavy atom. The maximum atomic E-state index is 11.9. The standard InChI is InChI=1S/C14H22O2/c1-12(16)9-13-5-3-2-4-6-14(13,10-12)8-11(15)7-13/h16H,2-10H2,1H3/t13-,14-/m1/s1. The Morgan fingerprint density at radius 3 is 2.00 bits per heavy atom. The SMILES string of the molecule is CC1(O)C[C@]23CCCCC[C@@]2(CC(=O)C3)C1. The summed E-state index contributed by atoms with van der Waals surface area (Å²) in [4.78, 5) is 11.9. The number of hydrogen-bond acceptors (Lipinski definition) is 2. The van der Waals surface area contributed by atoms with Gasteiger partial charge in [0.15, 0.2) is 0 Å². The molecule has 0 bridgehead atoms. The number of rotatable bonds is 0. The minimum absolute atomic E-state index is 0.171. The van der Waals surface area contributed by atoms with Crippen LogP contribution in [0.5, 0.6) is 0 Å². The second-order valence-electron chi connectivity index (χ2n) is 6.86. The highest BCUT2D eigenvalue weighted by molar-refractivity contribution is 5.83. The van der Waals surface area contributed by atoms with Crippen molar-refractivity contribution in [1.29, 1.82) is 0 Å². The van der Waals surface area contributed by atoms with Crippen LogP contribution < -0.4 is 0 Å². The van der Waals surface area contributed by atoms with Crippen LogP contribution in [0.2, 0.25) is 0 Å². The lowest BCUT2D eigenvalue weighted by Gasteiger charge is -2.38. The smallest absolute Gasteiger partial charge is 0.134 e. The molecule has 0 unspecified atom stereocenters. The number of ketones is 1. The van der Waals surface area contributed by atoms with E-state index in [2.05, 4.69) is 0 Å². The van der Waals surface area contributed by atoms with Crippen LogP contribution in [0.4, 0.5) is 0 Å². The molecule has 3 saturated carbocycles. The minimum Gasteiger partial charge on any atom is -0.390 e. The van der Waals surface area contributed by atoms with E-state index in [1.54, 1.807) is 0 Å². The van der Waals surface area contributed by atoms with Gasteiger partial charge in [-0.1, -0.05) is 19.3 Å². The van der Waals surface area contributed by atoms with Gasteiger partial charge in [-0.2, -0.15) is 0 Å². The molecule has 0 radical (unpaired) electrons. The van der Waals surface area contributed by atoms with Crippen LogP contribution in [0.25, 0.3) is 0 Å². The molecule has 3 fully saturated rings. The van der Waals surface area contributed by atoms with Gasteiger partial charge in [0.1, 0.15) is 5.78 Å². The van der Waals surface area contributed by atoms with Crippen molar-refractivity contribution in [3.8, 4) is 0 Å². The highest BCUT2D eigenvalue weighted by Gasteiger charge is 2.65. The summed E-state index contributed by atoms with van der Waals surface area (Å²) in [6.07, 6.45) is 9.42. The zero-order valence-corrected chi connectivity index (χ0v) is 10.2. The highest BCUT2D eigenvalue weighted by Crippen LogP contribution is 2.69. The van der Waals surface area contributed by atoms with E-state index in [1.165, 1.54) is 32.1 Å². The fourth-order valence-corrected chi connectivity index (χ4v) is 5.20. The van der Waals surface area contributed by atoms with Crippen LogP contribution in [0.1, 0.15) is 64.7 Å². The molecular formula is C14H22O2. The maximum absolute atomic E-state index is 11.9. The minimum atomic E-state index is -0.516. The summed E-state index contributed by atoms with van der Waals surface area (Å²) in [7, 11) is 0. The van der Waals surface area contributed by atoms with Crippen molar-refractivity contribution in [2.45, 2.75) is 70.3 Å². The predicted octanol–water partition coefficient (Wildman–Crippen LogP) is 2.83. The van der Waals surface area contributed by atoms with E-state index in [0.717, 1.165) is 25.7 Å². The van der Waals surface area contributed by atoms with Gasteiger partial charge in [0.25, 0.3) is 0 Å². The summed E-state index contributed by atoms with van der Waals surface area (Å²) in [6, 6.07) is 0. The fourth-order valence-electron chi connectivity index (χ4n) is 5.20. The number of hydrogen-bond donors (Lipinski definition) is 1. The Morgan fingerprint density at radius 1 is 1.00 bits per heavy atom. The first-order valence-corrected chi connectivity index (χ1v) is 6.71. The van der Waals surface area contributed by atoms with E-state index in [0.29, 0.717) is 5.78 Å². The van der Waals surface area contributed by atoms with Crippen molar-refractivity contribution >= 4 is 5.78 Å². The van der Waals surface area contributed by atoms with Crippen molar-refractivity contribution in [2.75, 3.05) is 0 Å². The van der Waals surface area contributed by atoms with Crippen molar-refractivity contribution in [2.24, 2.45) is 10.8 Å². The molecule has 0 amide bonds. The number of aliphatic hydroxyl groups is 1. The molecule has 0 spiro atoms. The van der Waals surface area contributed by atoms with Crippen LogP contribution in [0, 0.1) is 10.8 Å². The van der Waals surface area contributed by atoms with E-state index in [1.807, 2.05) is 6.92 Å². The summed E-state index contributed by atoms with van der Waals surface area (Å²) in [5, 5.41) is 10.4. The molecule has 16 heavy (non-hydrogen) atoms. The average Bonchev–Trinajstić information content (AvgIpc) is 2.40. The lowest BCUT2D eigenvalue weighted by atomic mass is 9.65. The first-order chi connectivity index (χ1) is 7.47. The van der Waals surface area contributed by atoms with Crippen molar-refractivity contribution in [3.05, 3.63) is 0 Å². The molecule has 3 aliphatic carbocycles. The molecule has 0 aliphatic heterocycles. The predicted molar refractivity (Wildman–Crippen MR) is 62.0 cm³/mol. The molecule has 3 rings (SSSR count). The van der Waals surface area contributed by atoms with Gasteiger partial charge in [-0.15, -0.1) is 0 Å². The molecule has 0 aromatic rings. The molecule has 0 heterocycles. The third kappa shape index (κ3) is 1.32. The Labute approximate surface area is 97.4 Å². The van der Waals surface area contributed by atoms with E-state index in [4.69, 9.17) is 0 Å². The quantitative estimate of drug-likeness (QED) is 0.684. The summed E-state index contributed by atoms with van der Waals surface area (Å²) in [5.74, 6) is 0.456. The molecule has 0 aromatic carbocycles. The molecule has 1 N–H and O–H groups in total. The number of Topliss-reactive ketones (excluding diaryl/α,β-unsaturated/α-hetero) is 1. The monoisotopic (exact) mass is 222 g/mol. The highest BCUT2D eigenvalue weighted by atomic mass is 16.3. The van der Waals surface area contributed by atoms with Gasteiger partial charge in [-0.3, -0.25) is 4.79 Å². The van der Waals surface area contributed by atoms with Crippen LogP contribution in [0.3, 0.4) is 0 Å². The third-order valence-corrected chi connectivity index (χ3v) is 5.45. The summed E-state index contributed by atoms with van der Waals surface area (Å²) in [5.41, 5.74) is -0.174. The molecule has 2 atom stereocenters. The van der Waals surface area contributed by atoms with Gasteiger partial charge in [0.05, 0.1) is 5.60 Å². The molecule has 2 heteroatoms. The zero-order valence-electron chi connectivity index (χ0n) is 10.2. The topological polar surface area (TPSA) is 37.3 Å². The van der Waals surface area contributed by atoms with E-state index in [-0.39, 0.29) is 10.8 Å². The van der Waals surface area contributed by atoms with Crippen molar-refractivity contribution < 1.29 is 9.90 Å². The lowest BCUT2D eigenvalue weighted by molar-refractivity contribution is -0.118.